The fourth-order valence-electron chi connectivity index (χ4n) is 3.77. The van der Waals surface area contributed by atoms with Crippen molar-refractivity contribution in [1.29, 1.82) is 0 Å². The number of rotatable bonds is 6. The Morgan fingerprint density at radius 1 is 1.16 bits per heavy atom. The third-order valence-corrected chi connectivity index (χ3v) is 7.35. The van der Waals surface area contributed by atoms with Crippen LogP contribution in [-0.2, 0) is 32.0 Å². The van der Waals surface area contributed by atoms with Gasteiger partial charge < -0.3 is 10.1 Å². The lowest BCUT2D eigenvalue weighted by Crippen LogP contribution is -2.70. The van der Waals surface area contributed by atoms with Crippen LogP contribution < -0.4 is 5.32 Å². The van der Waals surface area contributed by atoms with Crippen molar-refractivity contribution in [3.8, 4) is 0 Å². The van der Waals surface area contributed by atoms with E-state index in [2.05, 4.69) is 5.32 Å². The molecular formula is C24H26N2O4S2. The molecule has 168 valence electrons. The fraction of sp³-hybridized carbons (Fsp3) is 0.375. The Bertz CT molecular complexity index is 1040. The lowest BCUT2D eigenvalue weighted by Gasteiger charge is -2.50. The fourth-order valence-corrected chi connectivity index (χ4v) is 5.82. The van der Waals surface area contributed by atoms with Crippen LogP contribution in [0.25, 0.3) is 0 Å². The minimum Gasteiger partial charge on any atom is -0.455 e. The first kappa shape index (κ1) is 22.6. The number of ether oxygens (including phenoxy) is 1. The molecule has 2 atom stereocenters. The molecule has 2 amide bonds. The Labute approximate surface area is 196 Å². The molecule has 0 radical (unpaired) electrons. The molecule has 1 fully saturated rings. The molecule has 1 aromatic carbocycles. The molecule has 6 nitrogen and oxygen atoms in total. The third kappa shape index (κ3) is 4.91. The summed E-state index contributed by atoms with van der Waals surface area (Å²) in [5.74, 6) is -0.364. The van der Waals surface area contributed by atoms with E-state index in [1.54, 1.807) is 11.8 Å². The van der Waals surface area contributed by atoms with E-state index in [0.29, 0.717) is 17.9 Å². The molecule has 3 heterocycles. The zero-order valence-electron chi connectivity index (χ0n) is 18.3. The van der Waals surface area contributed by atoms with E-state index in [9.17, 15) is 14.4 Å². The summed E-state index contributed by atoms with van der Waals surface area (Å²) in [6.07, 6.45) is 0.807. The molecule has 0 aliphatic carbocycles. The number of carbonyl (C=O) groups is 3. The Balaban J connectivity index is 1.55. The van der Waals surface area contributed by atoms with Gasteiger partial charge in [0.2, 0.25) is 5.91 Å². The van der Waals surface area contributed by atoms with Gasteiger partial charge in [-0.1, -0.05) is 36.4 Å². The van der Waals surface area contributed by atoms with E-state index in [0.717, 1.165) is 16.0 Å². The Morgan fingerprint density at radius 2 is 1.91 bits per heavy atom. The highest BCUT2D eigenvalue weighted by Gasteiger charge is 2.54. The first-order valence-corrected chi connectivity index (χ1v) is 12.4. The normalized spacial score (nSPS) is 20.5. The van der Waals surface area contributed by atoms with Crippen molar-refractivity contribution in [2.24, 2.45) is 0 Å². The van der Waals surface area contributed by atoms with Crippen molar-refractivity contribution in [1.82, 2.24) is 10.2 Å². The predicted molar refractivity (Wildman–Crippen MR) is 126 cm³/mol. The Morgan fingerprint density at radius 3 is 2.56 bits per heavy atom. The maximum atomic E-state index is 13.1. The minimum atomic E-state index is -0.676. The summed E-state index contributed by atoms with van der Waals surface area (Å²) in [7, 11) is 0. The molecular weight excluding hydrogens is 444 g/mol. The van der Waals surface area contributed by atoms with Gasteiger partial charge in [0.05, 0.1) is 6.42 Å². The molecule has 1 N–H and O–H groups in total. The number of benzene rings is 1. The van der Waals surface area contributed by atoms with Crippen LogP contribution in [0, 0.1) is 0 Å². The van der Waals surface area contributed by atoms with Gasteiger partial charge in [0.1, 0.15) is 22.7 Å². The van der Waals surface area contributed by atoms with Gasteiger partial charge in [0, 0.05) is 10.6 Å². The average Bonchev–Trinajstić information content (AvgIpc) is 3.24. The van der Waals surface area contributed by atoms with Crippen LogP contribution in [0.3, 0.4) is 0 Å². The molecule has 0 bridgehead atoms. The van der Waals surface area contributed by atoms with Crippen LogP contribution >= 0.6 is 23.1 Å². The third-order valence-electron chi connectivity index (χ3n) is 5.13. The molecule has 2 aliphatic rings. The number of β-lactam (4-membered cyclic amide) rings is 1. The second-order valence-corrected chi connectivity index (χ2v) is 11.0. The van der Waals surface area contributed by atoms with E-state index in [1.165, 1.54) is 16.2 Å². The number of carbonyl (C=O) groups excluding carboxylic acids is 3. The van der Waals surface area contributed by atoms with Crippen molar-refractivity contribution in [2.45, 2.75) is 50.6 Å². The molecule has 1 aromatic heterocycles. The first-order valence-electron chi connectivity index (χ1n) is 10.5. The lowest BCUT2D eigenvalue weighted by molar-refractivity contribution is -0.159. The van der Waals surface area contributed by atoms with Crippen LogP contribution in [0.4, 0.5) is 0 Å². The molecule has 4 rings (SSSR count). The summed E-state index contributed by atoms with van der Waals surface area (Å²) in [5, 5.41) is 4.47. The van der Waals surface area contributed by atoms with Gasteiger partial charge in [0.15, 0.2) is 0 Å². The van der Waals surface area contributed by atoms with Crippen molar-refractivity contribution >= 4 is 40.9 Å². The Kier molecular flexibility index (Phi) is 6.44. The van der Waals surface area contributed by atoms with Gasteiger partial charge >= 0.3 is 5.97 Å². The highest BCUT2D eigenvalue weighted by Crippen LogP contribution is 2.41. The number of esters is 1. The topological polar surface area (TPSA) is 75.7 Å². The molecule has 32 heavy (non-hydrogen) atoms. The number of nitrogens with zero attached hydrogens (tertiary/aromatic N) is 1. The molecule has 1 unspecified atom stereocenters. The van der Waals surface area contributed by atoms with Gasteiger partial charge in [-0.2, -0.15) is 0 Å². The lowest BCUT2D eigenvalue weighted by atomic mass is 9.98. The number of amides is 2. The number of nitrogens with one attached hydrogen (secondary N) is 1. The smallest absolute Gasteiger partial charge is 0.355 e. The molecule has 8 heteroatoms. The summed E-state index contributed by atoms with van der Waals surface area (Å²) >= 11 is 3.08. The van der Waals surface area contributed by atoms with Crippen molar-refractivity contribution in [2.75, 3.05) is 5.75 Å². The van der Waals surface area contributed by atoms with Gasteiger partial charge in [-0.3, -0.25) is 14.5 Å². The first-order chi connectivity index (χ1) is 15.2. The molecule has 2 aliphatic heterocycles. The zero-order valence-corrected chi connectivity index (χ0v) is 19.9. The van der Waals surface area contributed by atoms with Gasteiger partial charge in [0.25, 0.3) is 5.91 Å². The van der Waals surface area contributed by atoms with Gasteiger partial charge in [-0.05, 0) is 49.8 Å². The summed E-state index contributed by atoms with van der Waals surface area (Å²) in [6.45, 7) is 5.43. The summed E-state index contributed by atoms with van der Waals surface area (Å²) in [6, 6.07) is 13.0. The van der Waals surface area contributed by atoms with E-state index in [4.69, 9.17) is 4.74 Å². The summed E-state index contributed by atoms with van der Waals surface area (Å²) in [5.41, 5.74) is 1.57. The average molecular weight is 471 g/mol. The summed E-state index contributed by atoms with van der Waals surface area (Å²) in [4.78, 5) is 41.1. The van der Waals surface area contributed by atoms with Crippen molar-refractivity contribution < 1.29 is 19.1 Å². The van der Waals surface area contributed by atoms with Crippen LogP contribution in [-0.4, -0.2) is 45.5 Å². The monoisotopic (exact) mass is 470 g/mol. The van der Waals surface area contributed by atoms with Crippen molar-refractivity contribution in [3.63, 3.8) is 0 Å². The van der Waals surface area contributed by atoms with E-state index >= 15 is 0 Å². The van der Waals surface area contributed by atoms with Crippen molar-refractivity contribution in [3.05, 3.63) is 69.6 Å². The molecule has 0 saturated carbocycles. The SMILES string of the molecule is CC(C)(C)OC(=O)C1=C(Cc2ccccc2)CS[C@@H]2C(NC(=O)Cc3cccs3)C(=O)N12. The largest absolute Gasteiger partial charge is 0.455 e. The standard InChI is InChI=1S/C24H26N2O4S2/c1-24(2,3)30-23(29)20-16(12-15-8-5-4-6-9-15)14-32-22-19(21(28)26(20)22)25-18(27)13-17-10-7-11-31-17/h4-11,19,22H,12-14H2,1-3H3,(H,25,27)/t19?,22-/m1/s1. The Hall–Kier alpha value is -2.58. The second kappa shape index (κ2) is 9.11. The molecule has 2 aromatic rings. The number of thiophene rings is 1. The zero-order chi connectivity index (χ0) is 22.9. The maximum Gasteiger partial charge on any atom is 0.355 e. The van der Waals surface area contributed by atoms with E-state index in [1.807, 2.05) is 68.6 Å². The predicted octanol–water partition coefficient (Wildman–Crippen LogP) is 3.53. The minimum absolute atomic E-state index is 0.191. The highest BCUT2D eigenvalue weighted by molar-refractivity contribution is 8.00. The number of hydrogen-bond acceptors (Lipinski definition) is 6. The van der Waals surface area contributed by atoms with Crippen LogP contribution in [0.1, 0.15) is 31.2 Å². The maximum absolute atomic E-state index is 13.1. The van der Waals surface area contributed by atoms with E-state index in [-0.39, 0.29) is 23.6 Å². The molecule has 1 saturated heterocycles. The van der Waals surface area contributed by atoms with Crippen LogP contribution in [0.2, 0.25) is 0 Å². The highest BCUT2D eigenvalue weighted by atomic mass is 32.2. The van der Waals surface area contributed by atoms with Gasteiger partial charge in [-0.25, -0.2) is 4.79 Å². The van der Waals surface area contributed by atoms with E-state index < -0.39 is 17.6 Å². The summed E-state index contributed by atoms with van der Waals surface area (Å²) < 4.78 is 5.65. The number of thioether (sulfide) groups is 1. The van der Waals surface area contributed by atoms with Gasteiger partial charge in [-0.15, -0.1) is 23.1 Å². The van der Waals surface area contributed by atoms with Crippen LogP contribution in [0.15, 0.2) is 59.1 Å². The van der Waals surface area contributed by atoms with Crippen LogP contribution in [0.5, 0.6) is 0 Å². The quantitative estimate of drug-likeness (QED) is 0.516. The number of hydrogen-bond donors (Lipinski definition) is 1. The second-order valence-electron chi connectivity index (χ2n) is 8.83. The molecule has 0 spiro atoms. The number of fused-ring (bicyclic) bond motifs is 1.